The lowest BCUT2D eigenvalue weighted by atomic mass is 10.0. The van der Waals surface area contributed by atoms with Gasteiger partial charge in [0.2, 0.25) is 5.91 Å². The fourth-order valence-electron chi connectivity index (χ4n) is 5.33. The van der Waals surface area contributed by atoms with Crippen molar-refractivity contribution in [3.63, 3.8) is 0 Å². The van der Waals surface area contributed by atoms with Crippen LogP contribution in [0.4, 0.5) is 15.5 Å². The first kappa shape index (κ1) is 38.5. The number of fused-ring (bicyclic) bond motifs is 1. The predicted molar refractivity (Wildman–Crippen MR) is 205 cm³/mol. The van der Waals surface area contributed by atoms with Crippen LogP contribution in [0.5, 0.6) is 11.5 Å². The molecule has 0 spiro atoms. The van der Waals surface area contributed by atoms with Crippen molar-refractivity contribution in [2.24, 2.45) is 0 Å². The van der Waals surface area contributed by atoms with Crippen LogP contribution in [-0.2, 0) is 27.3 Å². The minimum atomic E-state index is -0.633. The van der Waals surface area contributed by atoms with Crippen molar-refractivity contribution >= 4 is 63.7 Å². The van der Waals surface area contributed by atoms with Gasteiger partial charge in [-0.15, -0.1) is 23.1 Å². The van der Waals surface area contributed by atoms with Gasteiger partial charge in [-0.3, -0.25) is 14.4 Å². The van der Waals surface area contributed by atoms with Crippen molar-refractivity contribution in [3.8, 4) is 17.6 Å². The second-order valence-electron chi connectivity index (χ2n) is 13.0. The number of carbonyl (C=O) groups excluding carboxylic acids is 4. The molecule has 1 atom stereocenters. The van der Waals surface area contributed by atoms with Crippen LogP contribution >= 0.6 is 23.1 Å². The Morgan fingerprint density at radius 2 is 1.79 bits per heavy atom. The number of phenolic OH excluding ortho intramolecular Hbond substituents is 1. The minimum Gasteiger partial charge on any atom is -0.508 e. The Morgan fingerprint density at radius 3 is 2.49 bits per heavy atom. The van der Waals surface area contributed by atoms with Crippen LogP contribution in [-0.4, -0.2) is 58.3 Å². The Hall–Kier alpha value is -5.78. The van der Waals surface area contributed by atoms with Crippen LogP contribution in [0.15, 0.2) is 83.4 Å². The summed E-state index contributed by atoms with van der Waals surface area (Å²) in [5, 5.41) is 28.1. The molecular formula is C39H39N5O7S2. The number of hydrogen-bond donors (Lipinski definition) is 4. The lowest BCUT2D eigenvalue weighted by Crippen LogP contribution is -2.39. The van der Waals surface area contributed by atoms with E-state index in [1.165, 1.54) is 48.4 Å². The lowest BCUT2D eigenvalue weighted by Gasteiger charge is -2.29. The lowest BCUT2D eigenvalue weighted by molar-refractivity contribution is -0.115. The van der Waals surface area contributed by atoms with Crippen LogP contribution in [0.25, 0.3) is 6.08 Å². The van der Waals surface area contributed by atoms with Gasteiger partial charge in [-0.2, -0.15) is 5.26 Å². The molecule has 12 nitrogen and oxygen atoms in total. The van der Waals surface area contributed by atoms with Crippen LogP contribution in [0.3, 0.4) is 0 Å². The summed E-state index contributed by atoms with van der Waals surface area (Å²) < 4.78 is 10.9. The number of nitriles is 1. The topological polar surface area (TPSA) is 170 Å². The first-order valence-electron chi connectivity index (χ1n) is 16.6. The Balaban J connectivity index is 1.28. The number of thioether (sulfide) groups is 1. The van der Waals surface area contributed by atoms with E-state index >= 15 is 0 Å². The summed E-state index contributed by atoms with van der Waals surface area (Å²) in [7, 11) is 1.43. The van der Waals surface area contributed by atoms with Crippen molar-refractivity contribution in [1.82, 2.24) is 10.2 Å². The second-order valence-corrected chi connectivity index (χ2v) is 15.5. The molecule has 0 saturated carbocycles. The average Bonchev–Trinajstić information content (AvgIpc) is 3.47. The van der Waals surface area contributed by atoms with Crippen molar-refractivity contribution in [2.75, 3.05) is 24.3 Å². The molecule has 3 aromatic carbocycles. The van der Waals surface area contributed by atoms with E-state index in [2.05, 4.69) is 22.0 Å². The number of phenols is 1. The van der Waals surface area contributed by atoms with E-state index in [9.17, 15) is 29.5 Å². The highest BCUT2D eigenvalue weighted by molar-refractivity contribution is 8.00. The maximum absolute atomic E-state index is 13.6. The molecule has 5 rings (SSSR count). The van der Waals surface area contributed by atoms with Gasteiger partial charge in [0.1, 0.15) is 33.9 Å². The third-order valence-corrected chi connectivity index (χ3v) is 10.1. The molecule has 1 aromatic heterocycles. The van der Waals surface area contributed by atoms with Crippen LogP contribution in [0.2, 0.25) is 0 Å². The highest BCUT2D eigenvalue weighted by atomic mass is 32.2. The van der Waals surface area contributed by atoms with E-state index in [-0.39, 0.29) is 23.9 Å². The predicted octanol–water partition coefficient (Wildman–Crippen LogP) is 7.16. The molecule has 0 aliphatic carbocycles. The van der Waals surface area contributed by atoms with Crippen LogP contribution < -0.4 is 20.7 Å². The number of rotatable bonds is 10. The number of nitrogens with one attached hydrogen (secondary N) is 3. The molecule has 0 radical (unpaired) electrons. The van der Waals surface area contributed by atoms with Gasteiger partial charge >= 0.3 is 6.09 Å². The van der Waals surface area contributed by atoms with Gasteiger partial charge < -0.3 is 35.4 Å². The summed E-state index contributed by atoms with van der Waals surface area (Å²) in [6.07, 6.45) is 1.50. The van der Waals surface area contributed by atoms with E-state index < -0.39 is 28.8 Å². The second kappa shape index (κ2) is 16.7. The first-order chi connectivity index (χ1) is 25.2. The summed E-state index contributed by atoms with van der Waals surface area (Å²) in [6.45, 7) is 7.85. The summed E-state index contributed by atoms with van der Waals surface area (Å²) in [6, 6.07) is 22.0. The van der Waals surface area contributed by atoms with Gasteiger partial charge in [0.05, 0.1) is 24.5 Å². The zero-order chi connectivity index (χ0) is 38.3. The third kappa shape index (κ3) is 9.97. The quantitative estimate of drug-likeness (QED) is 0.0970. The van der Waals surface area contributed by atoms with E-state index in [0.717, 1.165) is 10.4 Å². The van der Waals surface area contributed by atoms with Gasteiger partial charge in [0.15, 0.2) is 0 Å². The SMILES string of the molecule is COc1cc(O)ccc1/C=C(/NC(=O)c1ccccc1)C(=O)Nc1cccc(SC(C)C(=O)Nc2sc3c(c2C#N)CCN(C(=O)OC(C)(C)C)C3)c1. The standard InChI is InChI=1S/C39H39N5O7S2/c1-23(34(46)43-37-30(21-40)29-16-17-44(22-33(29)53-37)38(49)51-39(2,3)4)52-28-13-9-12-26(19-28)41-36(48)31(42-35(47)24-10-7-6-8-11-24)18-25-14-15-27(45)20-32(25)50-5/h6-15,18-20,23,45H,16-17,22H2,1-5H3,(H,41,48)(H,42,47)(H,43,46)/b31-18+. The summed E-state index contributed by atoms with van der Waals surface area (Å²) in [5.41, 5.74) is 1.73. The fraction of sp³-hybridized carbons (Fsp3) is 0.256. The van der Waals surface area contributed by atoms with Gasteiger partial charge in [-0.05, 0) is 88.2 Å². The Labute approximate surface area is 315 Å². The molecule has 1 unspecified atom stereocenters. The van der Waals surface area contributed by atoms with Crippen LogP contribution in [0, 0.1) is 11.3 Å². The fourth-order valence-corrected chi connectivity index (χ4v) is 7.47. The normalized spacial score (nSPS) is 13.2. The third-order valence-electron chi connectivity index (χ3n) is 7.88. The molecule has 0 fully saturated rings. The van der Waals surface area contributed by atoms with E-state index in [1.807, 2.05) is 0 Å². The van der Waals surface area contributed by atoms with E-state index in [1.54, 1.807) is 93.3 Å². The van der Waals surface area contributed by atoms with Crippen molar-refractivity contribution in [2.45, 2.75) is 56.4 Å². The number of benzene rings is 3. The molecule has 53 heavy (non-hydrogen) atoms. The van der Waals surface area contributed by atoms with Gasteiger partial charge in [0.25, 0.3) is 11.8 Å². The van der Waals surface area contributed by atoms with Crippen molar-refractivity contribution in [3.05, 3.63) is 106 Å². The molecule has 274 valence electrons. The number of amides is 4. The van der Waals surface area contributed by atoms with E-state index in [4.69, 9.17) is 9.47 Å². The zero-order valence-corrected chi connectivity index (χ0v) is 31.4. The minimum absolute atomic E-state index is 0.0257. The Morgan fingerprint density at radius 1 is 1.04 bits per heavy atom. The van der Waals surface area contributed by atoms with Gasteiger partial charge in [0, 0.05) is 39.2 Å². The molecule has 1 aliphatic rings. The monoisotopic (exact) mass is 753 g/mol. The first-order valence-corrected chi connectivity index (χ1v) is 18.3. The van der Waals surface area contributed by atoms with Crippen molar-refractivity contribution < 1.29 is 33.8 Å². The molecule has 2 heterocycles. The maximum atomic E-state index is 13.6. The highest BCUT2D eigenvalue weighted by Crippen LogP contribution is 2.38. The smallest absolute Gasteiger partial charge is 0.410 e. The van der Waals surface area contributed by atoms with E-state index in [0.29, 0.717) is 51.0 Å². The number of carbonyl (C=O) groups is 4. The Bertz CT molecular complexity index is 2100. The number of nitrogens with zero attached hydrogens (tertiary/aromatic N) is 2. The number of hydrogen-bond acceptors (Lipinski definition) is 10. The van der Waals surface area contributed by atoms with Gasteiger partial charge in [-0.25, -0.2) is 4.79 Å². The van der Waals surface area contributed by atoms with Crippen molar-refractivity contribution in [1.29, 1.82) is 5.26 Å². The average molecular weight is 754 g/mol. The number of aromatic hydroxyl groups is 1. The molecule has 14 heteroatoms. The number of methoxy groups -OCH3 is 1. The molecular weight excluding hydrogens is 715 g/mol. The molecule has 1 aliphatic heterocycles. The molecule has 4 N–H and O–H groups in total. The number of thiophene rings is 1. The molecule has 4 aromatic rings. The van der Waals surface area contributed by atoms with Gasteiger partial charge in [-0.1, -0.05) is 24.3 Å². The zero-order valence-electron chi connectivity index (χ0n) is 29.8. The molecule has 0 bridgehead atoms. The maximum Gasteiger partial charge on any atom is 0.410 e. The molecule has 4 amide bonds. The highest BCUT2D eigenvalue weighted by Gasteiger charge is 2.30. The summed E-state index contributed by atoms with van der Waals surface area (Å²) in [5.74, 6) is -1.17. The Kier molecular flexibility index (Phi) is 12.1. The van der Waals surface area contributed by atoms with Crippen LogP contribution in [0.1, 0.15) is 59.6 Å². The number of ether oxygens (including phenoxy) is 2. The summed E-state index contributed by atoms with van der Waals surface area (Å²) in [4.78, 5) is 55.9. The molecule has 0 saturated heterocycles. The number of anilines is 2. The largest absolute Gasteiger partial charge is 0.508 e. The summed E-state index contributed by atoms with van der Waals surface area (Å²) >= 11 is 2.54.